The summed E-state index contributed by atoms with van der Waals surface area (Å²) >= 11 is 0. The topological polar surface area (TPSA) is 18.5 Å². The van der Waals surface area contributed by atoms with E-state index in [1.54, 1.807) is 0 Å². The van der Waals surface area contributed by atoms with Crippen molar-refractivity contribution in [1.29, 1.82) is 0 Å². The number of hydrogen-bond donors (Lipinski definition) is 0. The summed E-state index contributed by atoms with van der Waals surface area (Å²) in [6.45, 7) is 24.9. The average Bonchev–Trinajstić information content (AvgIpc) is 2.24. The molecule has 0 atom stereocenters. The largest absolute Gasteiger partial charge is 0.417 e. The highest BCUT2D eigenvalue weighted by atomic mass is 28.4. The molecule has 0 radical (unpaired) electrons. The molecule has 21 heavy (non-hydrogen) atoms. The lowest BCUT2D eigenvalue weighted by Crippen LogP contribution is -2.41. The predicted octanol–water partition coefficient (Wildman–Crippen LogP) is 6.20. The Bertz CT molecular complexity index is 269. The molecule has 0 aliphatic heterocycles. The van der Waals surface area contributed by atoms with Gasteiger partial charge in [0.1, 0.15) is 0 Å². The van der Waals surface area contributed by atoms with E-state index in [9.17, 15) is 0 Å². The van der Waals surface area contributed by atoms with E-state index in [0.717, 1.165) is 26.1 Å². The minimum Gasteiger partial charge on any atom is -0.417 e. The summed E-state index contributed by atoms with van der Waals surface area (Å²) < 4.78 is 12.4. The number of hydrogen-bond acceptors (Lipinski definition) is 2. The smallest absolute Gasteiger partial charge is 0.191 e. The van der Waals surface area contributed by atoms with Gasteiger partial charge in [0.15, 0.2) is 16.6 Å². The monoisotopic (exact) mass is 332 g/mol. The van der Waals surface area contributed by atoms with Crippen LogP contribution in [0.2, 0.25) is 36.3 Å². The van der Waals surface area contributed by atoms with E-state index in [1.807, 2.05) is 0 Å². The second kappa shape index (κ2) is 7.76. The Morgan fingerprint density at radius 3 is 1.10 bits per heavy atom. The summed E-state index contributed by atoms with van der Waals surface area (Å²) in [6.07, 6.45) is 3.53. The van der Waals surface area contributed by atoms with Crippen LogP contribution >= 0.6 is 0 Å². The number of rotatable bonds is 8. The third-order valence-electron chi connectivity index (χ3n) is 5.33. The van der Waals surface area contributed by atoms with Gasteiger partial charge in [0.2, 0.25) is 0 Å². The summed E-state index contributed by atoms with van der Waals surface area (Å²) in [4.78, 5) is 0. The molecule has 0 rings (SSSR count). The molecule has 0 N–H and O–H groups in total. The van der Waals surface area contributed by atoms with Crippen LogP contribution < -0.4 is 0 Å². The highest BCUT2D eigenvalue weighted by Crippen LogP contribution is 2.37. The van der Waals surface area contributed by atoms with Gasteiger partial charge in [-0.15, -0.1) is 0 Å². The predicted molar refractivity (Wildman–Crippen MR) is 100 cm³/mol. The van der Waals surface area contributed by atoms with E-state index in [0.29, 0.717) is 10.1 Å². The third kappa shape index (κ3) is 7.44. The fourth-order valence-corrected chi connectivity index (χ4v) is 3.64. The van der Waals surface area contributed by atoms with Gasteiger partial charge >= 0.3 is 0 Å². The molecule has 2 nitrogen and oxygen atoms in total. The number of unbranched alkanes of at least 4 members (excludes halogenated alkanes) is 2. The first-order valence-corrected chi connectivity index (χ1v) is 14.3. The van der Waals surface area contributed by atoms with Gasteiger partial charge in [-0.05, 0) is 55.5 Å². The molecule has 0 spiro atoms. The zero-order valence-corrected chi connectivity index (χ0v) is 18.4. The van der Waals surface area contributed by atoms with Gasteiger partial charge < -0.3 is 8.85 Å². The van der Waals surface area contributed by atoms with Crippen LogP contribution in [-0.2, 0) is 8.85 Å². The lowest BCUT2D eigenvalue weighted by Gasteiger charge is -2.36. The minimum absolute atomic E-state index is 0.318. The molecule has 0 bridgehead atoms. The summed E-state index contributed by atoms with van der Waals surface area (Å²) in [5, 5.41) is 0.636. The van der Waals surface area contributed by atoms with E-state index in [2.05, 4.69) is 67.7 Å². The molecule has 0 saturated carbocycles. The summed E-state index contributed by atoms with van der Waals surface area (Å²) in [6, 6.07) is 0. The highest BCUT2D eigenvalue weighted by molar-refractivity contribution is 6.74. The van der Waals surface area contributed by atoms with Gasteiger partial charge in [0.25, 0.3) is 0 Å². The normalized spacial score (nSPS) is 14.6. The van der Waals surface area contributed by atoms with Crippen molar-refractivity contribution in [3.63, 3.8) is 0 Å². The Hall–Kier alpha value is 0.354. The van der Waals surface area contributed by atoms with E-state index in [4.69, 9.17) is 8.85 Å². The van der Waals surface area contributed by atoms with Crippen LogP contribution in [-0.4, -0.2) is 29.8 Å². The van der Waals surface area contributed by atoms with Crippen LogP contribution in [0.15, 0.2) is 0 Å². The van der Waals surface area contributed by atoms with Gasteiger partial charge in [-0.1, -0.05) is 41.5 Å². The van der Waals surface area contributed by atoms with E-state index < -0.39 is 16.6 Å². The van der Waals surface area contributed by atoms with Crippen molar-refractivity contribution in [3.05, 3.63) is 0 Å². The molecular weight excluding hydrogens is 292 g/mol. The lowest BCUT2D eigenvalue weighted by molar-refractivity contribution is 0.254. The van der Waals surface area contributed by atoms with E-state index in [1.165, 1.54) is 6.42 Å². The standard InChI is InChI=1S/C17H40O2Si2/c1-16(2,3)20(7,8)18-14-12-11-13-15-19-21(9,10)17(4,5)6/h11-15H2,1-10H3. The average molecular weight is 333 g/mol. The first-order chi connectivity index (χ1) is 9.21. The Labute approximate surface area is 136 Å². The van der Waals surface area contributed by atoms with Crippen molar-refractivity contribution < 1.29 is 8.85 Å². The van der Waals surface area contributed by atoms with Gasteiger partial charge in [-0.3, -0.25) is 0 Å². The molecule has 0 saturated heterocycles. The van der Waals surface area contributed by atoms with Gasteiger partial charge in [-0.25, -0.2) is 0 Å². The van der Waals surface area contributed by atoms with Crippen LogP contribution in [0.25, 0.3) is 0 Å². The maximum atomic E-state index is 6.20. The SMILES string of the molecule is CC(C)(C)[Si](C)(C)OCCCCCO[Si](C)(C)C(C)(C)C. The molecule has 0 fully saturated rings. The van der Waals surface area contributed by atoms with E-state index in [-0.39, 0.29) is 0 Å². The van der Waals surface area contributed by atoms with Crippen molar-refractivity contribution in [3.8, 4) is 0 Å². The maximum Gasteiger partial charge on any atom is 0.191 e. The lowest BCUT2D eigenvalue weighted by atomic mass is 10.2. The molecular formula is C17H40O2Si2. The molecule has 0 heterocycles. The molecule has 0 aliphatic carbocycles. The highest BCUT2D eigenvalue weighted by Gasteiger charge is 2.37. The molecule has 0 aromatic carbocycles. The fraction of sp³-hybridized carbons (Fsp3) is 1.00. The molecule has 0 unspecified atom stereocenters. The zero-order chi connectivity index (χ0) is 16.9. The second-order valence-electron chi connectivity index (χ2n) is 9.28. The molecule has 0 aromatic rings. The Morgan fingerprint density at radius 1 is 0.571 bits per heavy atom. The summed E-state index contributed by atoms with van der Waals surface area (Å²) in [7, 11) is -3.11. The summed E-state index contributed by atoms with van der Waals surface area (Å²) in [5.74, 6) is 0. The Kier molecular flexibility index (Phi) is 7.89. The van der Waals surface area contributed by atoms with Gasteiger partial charge in [0, 0.05) is 13.2 Å². The van der Waals surface area contributed by atoms with Crippen molar-refractivity contribution in [2.24, 2.45) is 0 Å². The van der Waals surface area contributed by atoms with Crippen molar-refractivity contribution >= 4 is 16.6 Å². The fourth-order valence-electron chi connectivity index (χ4n) is 1.47. The third-order valence-corrected chi connectivity index (χ3v) is 14.4. The second-order valence-corrected chi connectivity index (χ2v) is 18.9. The minimum atomic E-state index is -1.55. The molecule has 0 aromatic heterocycles. The molecule has 0 aliphatic rings. The van der Waals surface area contributed by atoms with Crippen molar-refractivity contribution in [2.45, 2.75) is 97.1 Å². The van der Waals surface area contributed by atoms with Gasteiger partial charge in [0.05, 0.1) is 0 Å². The van der Waals surface area contributed by atoms with E-state index >= 15 is 0 Å². The zero-order valence-electron chi connectivity index (χ0n) is 16.4. The summed E-state index contributed by atoms with van der Waals surface area (Å²) in [5.41, 5.74) is 0. The van der Waals surface area contributed by atoms with Crippen molar-refractivity contribution in [2.75, 3.05) is 13.2 Å². The first kappa shape index (κ1) is 21.4. The Balaban J connectivity index is 3.81. The molecule has 4 heteroatoms. The first-order valence-electron chi connectivity index (χ1n) is 8.49. The maximum absolute atomic E-state index is 6.20. The molecule has 0 amide bonds. The van der Waals surface area contributed by atoms with Crippen LogP contribution in [0.3, 0.4) is 0 Å². The van der Waals surface area contributed by atoms with Crippen LogP contribution in [0, 0.1) is 0 Å². The molecule has 128 valence electrons. The quantitative estimate of drug-likeness (QED) is 0.389. The van der Waals surface area contributed by atoms with Crippen LogP contribution in [0.4, 0.5) is 0 Å². The van der Waals surface area contributed by atoms with Crippen LogP contribution in [0.5, 0.6) is 0 Å². The van der Waals surface area contributed by atoms with Crippen molar-refractivity contribution in [1.82, 2.24) is 0 Å². The Morgan fingerprint density at radius 2 is 0.857 bits per heavy atom. The van der Waals surface area contributed by atoms with Crippen LogP contribution in [0.1, 0.15) is 60.8 Å². The van der Waals surface area contributed by atoms with Gasteiger partial charge in [-0.2, -0.15) is 0 Å².